The van der Waals surface area contributed by atoms with E-state index < -0.39 is 0 Å². The molecular weight excluding hydrogens is 202 g/mol. The summed E-state index contributed by atoms with van der Waals surface area (Å²) in [4.78, 5) is 1.56. The molecule has 13 heavy (non-hydrogen) atoms. The van der Waals surface area contributed by atoms with Gasteiger partial charge in [0.1, 0.15) is 0 Å². The minimum atomic E-state index is 0.0798. The molecule has 0 saturated carbocycles. The second kappa shape index (κ2) is 5.21. The lowest BCUT2D eigenvalue weighted by molar-refractivity contribution is 0.307. The molecule has 0 amide bonds. The maximum atomic E-state index is 8.62. The molecule has 0 aromatic heterocycles. The first-order chi connectivity index (χ1) is 6.22. The van der Waals surface area contributed by atoms with Crippen molar-refractivity contribution in [1.29, 1.82) is 0 Å². The molecule has 1 aromatic rings. The highest BCUT2D eigenvalue weighted by molar-refractivity contribution is 7.80. The Hall–Kier alpha value is -0.580. The predicted molar refractivity (Wildman–Crippen MR) is 61.6 cm³/mol. The monoisotopic (exact) mass is 213 g/mol. The molecule has 2 N–H and O–H groups in total. The van der Waals surface area contributed by atoms with Gasteiger partial charge in [0.2, 0.25) is 0 Å². The Labute approximate surface area is 88.4 Å². The third kappa shape index (κ3) is 3.76. The smallest absolute Gasteiger partial charge is 0.0820 e. The standard InChI is InChI=1S/C9H11NOS2/c11-6-5-9(13)10-7-1-3-8(12)4-2-7/h1-4,11-12H,5-6H2,(H,10,13). The molecule has 0 radical (unpaired) electrons. The summed E-state index contributed by atoms with van der Waals surface area (Å²) < 4.78 is 0. The van der Waals surface area contributed by atoms with Crippen molar-refractivity contribution in [3.63, 3.8) is 0 Å². The Balaban J connectivity index is 2.54. The lowest BCUT2D eigenvalue weighted by Crippen LogP contribution is -2.10. The van der Waals surface area contributed by atoms with Gasteiger partial charge in [0, 0.05) is 23.6 Å². The largest absolute Gasteiger partial charge is 0.396 e. The SMILES string of the molecule is OCCC(=S)Nc1ccc(S)cc1. The Morgan fingerprint density at radius 2 is 2.00 bits per heavy atom. The van der Waals surface area contributed by atoms with Crippen molar-refractivity contribution in [2.24, 2.45) is 0 Å². The quantitative estimate of drug-likeness (QED) is 0.531. The van der Waals surface area contributed by atoms with E-state index in [4.69, 9.17) is 17.3 Å². The van der Waals surface area contributed by atoms with Crippen LogP contribution in [0.2, 0.25) is 0 Å². The molecule has 0 spiro atoms. The number of aliphatic hydroxyl groups excluding tert-OH is 1. The van der Waals surface area contributed by atoms with E-state index in [2.05, 4.69) is 17.9 Å². The summed E-state index contributed by atoms with van der Waals surface area (Å²) in [6.45, 7) is 0.0798. The van der Waals surface area contributed by atoms with Crippen LogP contribution in [0, 0.1) is 0 Å². The molecule has 0 aliphatic carbocycles. The second-order valence-electron chi connectivity index (χ2n) is 2.57. The topological polar surface area (TPSA) is 32.3 Å². The van der Waals surface area contributed by atoms with Gasteiger partial charge in [0.05, 0.1) is 4.99 Å². The van der Waals surface area contributed by atoms with Crippen LogP contribution in [0.25, 0.3) is 0 Å². The Morgan fingerprint density at radius 3 is 2.54 bits per heavy atom. The lowest BCUT2D eigenvalue weighted by atomic mass is 10.3. The zero-order valence-electron chi connectivity index (χ0n) is 7.03. The Kier molecular flexibility index (Phi) is 4.21. The van der Waals surface area contributed by atoms with Crippen molar-refractivity contribution >= 4 is 35.5 Å². The van der Waals surface area contributed by atoms with E-state index in [1.54, 1.807) is 0 Å². The molecule has 0 fully saturated rings. The summed E-state index contributed by atoms with van der Waals surface area (Å²) in [6.07, 6.45) is 0.498. The fourth-order valence-electron chi connectivity index (χ4n) is 0.870. The van der Waals surface area contributed by atoms with Crippen molar-refractivity contribution in [2.75, 3.05) is 11.9 Å². The Bertz CT molecular complexity index is 284. The normalized spacial score (nSPS) is 9.69. The fourth-order valence-corrected chi connectivity index (χ4v) is 1.23. The van der Waals surface area contributed by atoms with Gasteiger partial charge in [-0.3, -0.25) is 0 Å². The number of thiocarbonyl (C=S) groups is 1. The van der Waals surface area contributed by atoms with Crippen molar-refractivity contribution < 1.29 is 5.11 Å². The summed E-state index contributed by atoms with van der Waals surface area (Å²) in [6, 6.07) is 7.55. The molecule has 1 aromatic carbocycles. The number of hydrogen-bond acceptors (Lipinski definition) is 3. The third-order valence-corrected chi connectivity index (χ3v) is 2.09. The van der Waals surface area contributed by atoms with E-state index in [0.29, 0.717) is 11.4 Å². The van der Waals surface area contributed by atoms with E-state index in [-0.39, 0.29) is 6.61 Å². The molecular formula is C9H11NOS2. The van der Waals surface area contributed by atoms with Crippen LogP contribution in [-0.2, 0) is 0 Å². The minimum absolute atomic E-state index is 0.0798. The zero-order chi connectivity index (χ0) is 9.68. The highest BCUT2D eigenvalue weighted by atomic mass is 32.1. The maximum Gasteiger partial charge on any atom is 0.0820 e. The molecule has 1 rings (SSSR count). The van der Waals surface area contributed by atoms with Crippen molar-refractivity contribution in [3.05, 3.63) is 24.3 Å². The van der Waals surface area contributed by atoms with Crippen LogP contribution in [-0.4, -0.2) is 16.7 Å². The van der Waals surface area contributed by atoms with E-state index in [1.807, 2.05) is 24.3 Å². The third-order valence-electron chi connectivity index (χ3n) is 1.49. The van der Waals surface area contributed by atoms with Gasteiger partial charge in [0.15, 0.2) is 0 Å². The first kappa shape index (κ1) is 10.5. The first-order valence-corrected chi connectivity index (χ1v) is 4.77. The number of thiol groups is 1. The fraction of sp³-hybridized carbons (Fsp3) is 0.222. The van der Waals surface area contributed by atoms with Gasteiger partial charge >= 0.3 is 0 Å². The van der Waals surface area contributed by atoms with Gasteiger partial charge in [0.25, 0.3) is 0 Å². The maximum absolute atomic E-state index is 8.62. The van der Waals surface area contributed by atoms with Crippen LogP contribution in [0.3, 0.4) is 0 Å². The number of rotatable bonds is 3. The van der Waals surface area contributed by atoms with Crippen LogP contribution in [0.15, 0.2) is 29.2 Å². The number of benzene rings is 1. The van der Waals surface area contributed by atoms with Crippen molar-refractivity contribution in [3.8, 4) is 0 Å². The van der Waals surface area contributed by atoms with Gasteiger partial charge in [-0.1, -0.05) is 12.2 Å². The van der Waals surface area contributed by atoms with Gasteiger partial charge < -0.3 is 10.4 Å². The highest BCUT2D eigenvalue weighted by Gasteiger charge is 1.96. The number of nitrogens with one attached hydrogen (secondary N) is 1. The average molecular weight is 213 g/mol. The van der Waals surface area contributed by atoms with Crippen LogP contribution in [0.1, 0.15) is 6.42 Å². The summed E-state index contributed by atoms with van der Waals surface area (Å²) in [5.74, 6) is 0. The molecule has 0 saturated heterocycles. The predicted octanol–water partition coefficient (Wildman–Crippen LogP) is 2.10. The molecule has 0 unspecified atom stereocenters. The van der Waals surface area contributed by atoms with Gasteiger partial charge in [-0.2, -0.15) is 0 Å². The highest BCUT2D eigenvalue weighted by Crippen LogP contribution is 2.12. The van der Waals surface area contributed by atoms with E-state index in [0.717, 1.165) is 10.6 Å². The number of hydrogen-bond donors (Lipinski definition) is 3. The van der Waals surface area contributed by atoms with Gasteiger partial charge in [-0.25, -0.2) is 0 Å². The Morgan fingerprint density at radius 1 is 1.38 bits per heavy atom. The summed E-state index contributed by atoms with van der Waals surface area (Å²) >= 11 is 9.14. The first-order valence-electron chi connectivity index (χ1n) is 3.92. The summed E-state index contributed by atoms with van der Waals surface area (Å²) in [7, 11) is 0. The van der Waals surface area contributed by atoms with Crippen molar-refractivity contribution in [1.82, 2.24) is 0 Å². The van der Waals surface area contributed by atoms with Gasteiger partial charge in [-0.15, -0.1) is 12.6 Å². The molecule has 0 atom stereocenters. The van der Waals surface area contributed by atoms with Crippen LogP contribution in [0.4, 0.5) is 5.69 Å². The second-order valence-corrected chi connectivity index (χ2v) is 3.58. The molecule has 0 aliphatic rings. The minimum Gasteiger partial charge on any atom is -0.396 e. The van der Waals surface area contributed by atoms with E-state index in [9.17, 15) is 0 Å². The van der Waals surface area contributed by atoms with Crippen LogP contribution in [0.5, 0.6) is 0 Å². The average Bonchev–Trinajstić information content (AvgIpc) is 2.09. The molecule has 70 valence electrons. The van der Waals surface area contributed by atoms with Crippen LogP contribution >= 0.6 is 24.8 Å². The number of anilines is 1. The summed E-state index contributed by atoms with van der Waals surface area (Å²) in [5.41, 5.74) is 0.927. The lowest BCUT2D eigenvalue weighted by Gasteiger charge is -2.05. The van der Waals surface area contributed by atoms with Crippen LogP contribution < -0.4 is 5.32 Å². The molecule has 2 nitrogen and oxygen atoms in total. The number of aliphatic hydroxyl groups is 1. The molecule has 0 aliphatic heterocycles. The van der Waals surface area contributed by atoms with E-state index >= 15 is 0 Å². The molecule has 0 bridgehead atoms. The molecule has 4 heteroatoms. The van der Waals surface area contributed by atoms with Crippen molar-refractivity contribution in [2.45, 2.75) is 11.3 Å². The van der Waals surface area contributed by atoms with Gasteiger partial charge in [-0.05, 0) is 24.3 Å². The molecule has 0 heterocycles. The summed E-state index contributed by atoms with van der Waals surface area (Å²) in [5, 5.41) is 11.6. The van der Waals surface area contributed by atoms with E-state index in [1.165, 1.54) is 0 Å². The zero-order valence-corrected chi connectivity index (χ0v) is 8.74.